The summed E-state index contributed by atoms with van der Waals surface area (Å²) in [5.74, 6) is 0.830. The van der Waals surface area contributed by atoms with Crippen molar-refractivity contribution in [3.05, 3.63) is 17.3 Å². The summed E-state index contributed by atoms with van der Waals surface area (Å²) in [6.07, 6.45) is 2.70. The monoisotopic (exact) mass is 227 g/mol. The summed E-state index contributed by atoms with van der Waals surface area (Å²) < 4.78 is 0. The lowest BCUT2D eigenvalue weighted by molar-refractivity contribution is 0.624. The molecule has 0 saturated heterocycles. The number of nitrogens with two attached hydrogens (primary N) is 1. The van der Waals surface area contributed by atoms with Gasteiger partial charge >= 0.3 is 0 Å². The number of halogens is 1. The van der Waals surface area contributed by atoms with E-state index in [0.717, 1.165) is 18.8 Å². The van der Waals surface area contributed by atoms with E-state index >= 15 is 0 Å². The van der Waals surface area contributed by atoms with Crippen molar-refractivity contribution >= 4 is 23.1 Å². The van der Waals surface area contributed by atoms with E-state index in [9.17, 15) is 0 Å². The Labute approximate surface area is 96.2 Å². The van der Waals surface area contributed by atoms with Crippen molar-refractivity contribution < 1.29 is 0 Å². The van der Waals surface area contributed by atoms with E-state index in [4.69, 9.17) is 17.3 Å². The number of aromatic nitrogens is 1. The molecule has 0 aromatic carbocycles. The quantitative estimate of drug-likeness (QED) is 0.860. The third-order valence-corrected chi connectivity index (χ3v) is 2.80. The van der Waals surface area contributed by atoms with Gasteiger partial charge in [-0.25, -0.2) is 4.98 Å². The van der Waals surface area contributed by atoms with Crippen LogP contribution in [-0.2, 0) is 0 Å². The van der Waals surface area contributed by atoms with Crippen LogP contribution in [0.2, 0.25) is 5.02 Å². The number of rotatable bonds is 4. The first kappa shape index (κ1) is 12.1. The minimum absolute atomic E-state index is 0.436. The molecule has 15 heavy (non-hydrogen) atoms. The fourth-order valence-corrected chi connectivity index (χ4v) is 1.74. The highest BCUT2D eigenvalue weighted by molar-refractivity contribution is 6.30. The van der Waals surface area contributed by atoms with Crippen molar-refractivity contribution in [1.29, 1.82) is 0 Å². The van der Waals surface area contributed by atoms with Crippen molar-refractivity contribution in [3.8, 4) is 0 Å². The molecule has 0 aliphatic heterocycles. The Morgan fingerprint density at radius 3 is 2.67 bits per heavy atom. The van der Waals surface area contributed by atoms with Crippen LogP contribution < -0.4 is 10.6 Å². The first-order valence-electron chi connectivity index (χ1n) is 5.27. The van der Waals surface area contributed by atoms with Crippen LogP contribution in [0, 0.1) is 0 Å². The number of nitrogens with zero attached hydrogens (tertiary/aromatic N) is 2. The van der Waals surface area contributed by atoms with Crippen molar-refractivity contribution in [1.82, 2.24) is 4.98 Å². The van der Waals surface area contributed by atoms with E-state index in [1.165, 1.54) is 0 Å². The molecule has 1 rings (SSSR count). The number of hydrogen-bond acceptors (Lipinski definition) is 3. The summed E-state index contributed by atoms with van der Waals surface area (Å²) in [5.41, 5.74) is 6.54. The summed E-state index contributed by atoms with van der Waals surface area (Å²) in [4.78, 5) is 6.47. The lowest BCUT2D eigenvalue weighted by Gasteiger charge is -2.29. The molecule has 0 spiro atoms. The Morgan fingerprint density at radius 2 is 2.20 bits per heavy atom. The zero-order valence-electron chi connectivity index (χ0n) is 9.50. The van der Waals surface area contributed by atoms with Gasteiger partial charge in [-0.1, -0.05) is 18.5 Å². The molecule has 4 heteroatoms. The summed E-state index contributed by atoms with van der Waals surface area (Å²) in [7, 11) is 0. The Bertz CT molecular complexity index is 328. The van der Waals surface area contributed by atoms with Gasteiger partial charge in [-0.3, -0.25) is 0 Å². The summed E-state index contributed by atoms with van der Waals surface area (Å²) in [6, 6.07) is 2.18. The van der Waals surface area contributed by atoms with Crippen LogP contribution in [0.25, 0.3) is 0 Å². The number of hydrogen-bond donors (Lipinski definition) is 1. The number of anilines is 2. The van der Waals surface area contributed by atoms with E-state index in [0.29, 0.717) is 16.8 Å². The average molecular weight is 228 g/mol. The molecule has 84 valence electrons. The van der Waals surface area contributed by atoms with E-state index in [1.54, 1.807) is 12.3 Å². The second-order valence-corrected chi connectivity index (χ2v) is 4.05. The highest BCUT2D eigenvalue weighted by Gasteiger charge is 2.14. The predicted octanol–water partition coefficient (Wildman–Crippen LogP) is 2.94. The van der Waals surface area contributed by atoms with Gasteiger partial charge in [-0.05, 0) is 26.3 Å². The molecule has 0 aliphatic rings. The first-order valence-corrected chi connectivity index (χ1v) is 5.65. The Kier molecular flexibility index (Phi) is 4.21. The maximum atomic E-state index is 5.90. The van der Waals surface area contributed by atoms with Crippen LogP contribution in [0.15, 0.2) is 12.3 Å². The van der Waals surface area contributed by atoms with Crippen molar-refractivity contribution in [2.24, 2.45) is 0 Å². The van der Waals surface area contributed by atoms with Gasteiger partial charge in [0.1, 0.15) is 0 Å². The van der Waals surface area contributed by atoms with Gasteiger partial charge in [0.05, 0.1) is 10.7 Å². The van der Waals surface area contributed by atoms with Crippen molar-refractivity contribution in [3.63, 3.8) is 0 Å². The lowest BCUT2D eigenvalue weighted by Crippen LogP contribution is -2.33. The van der Waals surface area contributed by atoms with Gasteiger partial charge in [0, 0.05) is 18.8 Å². The van der Waals surface area contributed by atoms with E-state index in [2.05, 4.69) is 30.7 Å². The molecular weight excluding hydrogens is 210 g/mol. The van der Waals surface area contributed by atoms with Crippen LogP contribution >= 0.6 is 11.6 Å². The second kappa shape index (κ2) is 5.21. The van der Waals surface area contributed by atoms with Gasteiger partial charge in [0.2, 0.25) is 0 Å². The molecule has 1 atom stereocenters. The van der Waals surface area contributed by atoms with Gasteiger partial charge in [-0.2, -0.15) is 0 Å². The molecule has 3 nitrogen and oxygen atoms in total. The standard InChI is InChI=1S/C11H18ClN3/c1-4-8(3)15(5-2)11-10(13)6-9(12)7-14-11/h6-8H,4-5,13H2,1-3H3. The molecule has 0 bridgehead atoms. The van der Waals surface area contributed by atoms with Gasteiger partial charge in [0.25, 0.3) is 0 Å². The lowest BCUT2D eigenvalue weighted by atomic mass is 10.2. The Hall–Kier alpha value is -0.960. The molecule has 0 radical (unpaired) electrons. The van der Waals surface area contributed by atoms with Crippen LogP contribution in [0.1, 0.15) is 27.2 Å². The molecule has 1 aromatic rings. The number of nitrogen functional groups attached to an aromatic ring is 1. The molecule has 2 N–H and O–H groups in total. The Morgan fingerprint density at radius 1 is 1.53 bits per heavy atom. The third kappa shape index (κ3) is 2.75. The minimum Gasteiger partial charge on any atom is -0.396 e. The minimum atomic E-state index is 0.436. The predicted molar refractivity (Wildman–Crippen MR) is 66.4 cm³/mol. The van der Waals surface area contributed by atoms with Gasteiger partial charge in [0.15, 0.2) is 5.82 Å². The number of pyridine rings is 1. The zero-order chi connectivity index (χ0) is 11.4. The third-order valence-electron chi connectivity index (χ3n) is 2.60. The van der Waals surface area contributed by atoms with E-state index < -0.39 is 0 Å². The maximum Gasteiger partial charge on any atom is 0.152 e. The molecule has 1 aromatic heterocycles. The average Bonchev–Trinajstić information content (AvgIpc) is 2.21. The molecule has 1 unspecified atom stereocenters. The highest BCUT2D eigenvalue weighted by atomic mass is 35.5. The molecule has 0 aliphatic carbocycles. The largest absolute Gasteiger partial charge is 0.396 e. The fraction of sp³-hybridized carbons (Fsp3) is 0.545. The van der Waals surface area contributed by atoms with E-state index in [1.807, 2.05) is 0 Å². The van der Waals surface area contributed by atoms with E-state index in [-0.39, 0.29) is 0 Å². The summed E-state index contributed by atoms with van der Waals surface area (Å²) >= 11 is 5.82. The fourth-order valence-electron chi connectivity index (χ4n) is 1.58. The molecule has 0 fully saturated rings. The van der Waals surface area contributed by atoms with Gasteiger partial charge in [-0.15, -0.1) is 0 Å². The molecule has 1 heterocycles. The SMILES string of the molecule is CCC(C)N(CC)c1ncc(Cl)cc1N. The summed E-state index contributed by atoms with van der Waals surface area (Å²) in [5, 5.41) is 0.580. The first-order chi connectivity index (χ1) is 7.10. The highest BCUT2D eigenvalue weighted by Crippen LogP contribution is 2.25. The normalized spacial score (nSPS) is 12.5. The molecular formula is C11H18ClN3. The summed E-state index contributed by atoms with van der Waals surface area (Å²) in [6.45, 7) is 7.31. The zero-order valence-corrected chi connectivity index (χ0v) is 10.3. The molecule has 0 saturated carbocycles. The second-order valence-electron chi connectivity index (χ2n) is 3.61. The van der Waals surface area contributed by atoms with Crippen molar-refractivity contribution in [2.75, 3.05) is 17.2 Å². The van der Waals surface area contributed by atoms with Gasteiger partial charge < -0.3 is 10.6 Å². The maximum absolute atomic E-state index is 5.90. The van der Waals surface area contributed by atoms with Crippen molar-refractivity contribution in [2.45, 2.75) is 33.2 Å². The van der Waals surface area contributed by atoms with Crippen LogP contribution in [0.5, 0.6) is 0 Å². The topological polar surface area (TPSA) is 42.2 Å². The molecule has 0 amide bonds. The van der Waals surface area contributed by atoms with Crippen LogP contribution in [0.4, 0.5) is 11.5 Å². The Balaban J connectivity index is 3.01. The van der Waals surface area contributed by atoms with Crippen LogP contribution in [0.3, 0.4) is 0 Å². The smallest absolute Gasteiger partial charge is 0.152 e. The van der Waals surface area contributed by atoms with Crippen LogP contribution in [-0.4, -0.2) is 17.6 Å².